The molecule has 0 bridgehead atoms. The van der Waals surface area contributed by atoms with E-state index < -0.39 is 17.7 Å². The van der Waals surface area contributed by atoms with Crippen molar-refractivity contribution in [2.75, 3.05) is 11.5 Å². The molecule has 0 aliphatic rings. The summed E-state index contributed by atoms with van der Waals surface area (Å²) in [5.41, 5.74) is 8.55. The molecule has 0 unspecified atom stereocenters. The first-order chi connectivity index (χ1) is 19.0. The summed E-state index contributed by atoms with van der Waals surface area (Å²) in [5, 5.41) is 19.8. The second-order valence-electron chi connectivity index (χ2n) is 11.1. The molecule has 4 aromatic rings. The van der Waals surface area contributed by atoms with Crippen LogP contribution in [0, 0.1) is 6.92 Å². The van der Waals surface area contributed by atoms with Gasteiger partial charge in [-0.25, -0.2) is 0 Å². The van der Waals surface area contributed by atoms with Gasteiger partial charge in [0.15, 0.2) is 0 Å². The Morgan fingerprint density at radius 3 is 2.33 bits per heavy atom. The van der Waals surface area contributed by atoms with E-state index in [-0.39, 0.29) is 18.2 Å². The van der Waals surface area contributed by atoms with Gasteiger partial charge in [-0.2, -0.15) is 0 Å². The number of thioether (sulfide) groups is 1. The highest BCUT2D eigenvalue weighted by molar-refractivity contribution is 7.99. The van der Waals surface area contributed by atoms with E-state index in [1.54, 1.807) is 30.0 Å². The topological polar surface area (TPSA) is 104 Å². The molecule has 0 radical (unpaired) electrons. The molecule has 5 N–H and O–H groups in total. The average molecular weight is 556 g/mol. The number of aliphatic hydroxyl groups is 1. The summed E-state index contributed by atoms with van der Waals surface area (Å²) in [4.78, 5) is 27.4. The Morgan fingerprint density at radius 1 is 0.875 bits per heavy atom. The van der Waals surface area contributed by atoms with Gasteiger partial charge in [0.2, 0.25) is 0 Å². The van der Waals surface area contributed by atoms with Gasteiger partial charge < -0.3 is 21.5 Å². The molecule has 6 nitrogen and oxygen atoms in total. The maximum atomic E-state index is 13.4. The van der Waals surface area contributed by atoms with Crippen LogP contribution in [0.5, 0.6) is 0 Å². The second kappa shape index (κ2) is 12.6. The van der Waals surface area contributed by atoms with Gasteiger partial charge in [0.1, 0.15) is 0 Å². The van der Waals surface area contributed by atoms with Gasteiger partial charge in [0.05, 0.1) is 12.1 Å². The third-order valence-electron chi connectivity index (χ3n) is 6.62. The van der Waals surface area contributed by atoms with Crippen molar-refractivity contribution in [1.82, 2.24) is 10.6 Å². The number of aryl methyl sites for hydroxylation is 1. The highest BCUT2D eigenvalue weighted by atomic mass is 32.2. The van der Waals surface area contributed by atoms with E-state index in [0.29, 0.717) is 28.1 Å². The third-order valence-corrected chi connectivity index (χ3v) is 7.73. The molecular formula is C33H37N3O3S. The highest BCUT2D eigenvalue weighted by Gasteiger charge is 2.26. The SMILES string of the molecule is Cc1ccc(N)cc1C(=O)N[C@@H](CSc1ccc2ccccc2c1)[C@H](O)Cc1ccccc1C(=O)NC(C)(C)C. The molecule has 208 valence electrons. The van der Waals surface area contributed by atoms with Gasteiger partial charge in [-0.15, -0.1) is 11.8 Å². The Labute approximate surface area is 240 Å². The monoisotopic (exact) mass is 555 g/mol. The van der Waals surface area contributed by atoms with Gasteiger partial charge >= 0.3 is 0 Å². The standard InChI is InChI=1S/C33H37N3O3S/c1-21-13-15-25(34)19-28(21)31(38)35-29(20-40-26-16-14-22-9-5-6-10-23(22)17-26)30(37)18-24-11-7-8-12-27(24)32(39)36-33(2,3)4/h5-17,19,29-30,37H,18,20,34H2,1-4H3,(H,35,38)(H,36,39)/t29-,30+/m0/s1. The second-order valence-corrected chi connectivity index (χ2v) is 12.2. The summed E-state index contributed by atoms with van der Waals surface area (Å²) in [6, 6.07) is 26.3. The fourth-order valence-electron chi connectivity index (χ4n) is 4.52. The van der Waals surface area contributed by atoms with E-state index in [2.05, 4.69) is 34.9 Å². The zero-order chi connectivity index (χ0) is 28.9. The summed E-state index contributed by atoms with van der Waals surface area (Å²) >= 11 is 1.57. The molecule has 0 aromatic heterocycles. The molecule has 40 heavy (non-hydrogen) atoms. The van der Waals surface area contributed by atoms with Crippen molar-refractivity contribution < 1.29 is 14.7 Å². The lowest BCUT2D eigenvalue weighted by molar-refractivity contribution is 0.0849. The minimum absolute atomic E-state index is 0.197. The summed E-state index contributed by atoms with van der Waals surface area (Å²) in [7, 11) is 0. The minimum atomic E-state index is -0.943. The number of hydrogen-bond donors (Lipinski definition) is 4. The smallest absolute Gasteiger partial charge is 0.251 e. The number of nitrogens with one attached hydrogen (secondary N) is 2. The van der Waals surface area contributed by atoms with Crippen LogP contribution >= 0.6 is 11.8 Å². The van der Waals surface area contributed by atoms with E-state index in [1.165, 1.54) is 0 Å². The van der Waals surface area contributed by atoms with E-state index in [4.69, 9.17) is 5.73 Å². The van der Waals surface area contributed by atoms with E-state index >= 15 is 0 Å². The maximum absolute atomic E-state index is 13.4. The number of fused-ring (bicyclic) bond motifs is 1. The molecular weight excluding hydrogens is 518 g/mol. The molecule has 0 saturated carbocycles. The number of carbonyl (C=O) groups excluding carboxylic acids is 2. The first kappa shape index (κ1) is 29.2. The molecule has 2 atom stereocenters. The lowest BCUT2D eigenvalue weighted by atomic mass is 9.96. The highest BCUT2D eigenvalue weighted by Crippen LogP contribution is 2.26. The van der Waals surface area contributed by atoms with Crippen molar-refractivity contribution in [1.29, 1.82) is 0 Å². The molecule has 2 amide bonds. The van der Waals surface area contributed by atoms with Crippen molar-refractivity contribution in [3.05, 3.63) is 107 Å². The predicted octanol–water partition coefficient (Wildman–Crippen LogP) is 5.75. The van der Waals surface area contributed by atoms with Crippen LogP contribution in [0.2, 0.25) is 0 Å². The van der Waals surface area contributed by atoms with Crippen LogP contribution in [0.1, 0.15) is 52.6 Å². The lowest BCUT2D eigenvalue weighted by Crippen LogP contribution is -2.46. The number of nitrogen functional groups attached to an aromatic ring is 1. The normalized spacial score (nSPS) is 13.0. The van der Waals surface area contributed by atoms with Crippen molar-refractivity contribution in [3.8, 4) is 0 Å². The molecule has 0 spiro atoms. The number of nitrogens with two attached hydrogens (primary N) is 1. The molecule has 7 heteroatoms. The van der Waals surface area contributed by atoms with Gasteiger partial charge in [0, 0.05) is 39.4 Å². The van der Waals surface area contributed by atoms with Gasteiger partial charge in [-0.05, 0) is 79.9 Å². The van der Waals surface area contributed by atoms with Gasteiger partial charge in [-0.1, -0.05) is 54.6 Å². The van der Waals surface area contributed by atoms with Crippen LogP contribution in [-0.4, -0.2) is 40.4 Å². The largest absolute Gasteiger partial charge is 0.399 e. The van der Waals surface area contributed by atoms with Crippen molar-refractivity contribution >= 4 is 40.0 Å². The van der Waals surface area contributed by atoms with Crippen molar-refractivity contribution in [2.45, 2.75) is 56.7 Å². The number of carbonyl (C=O) groups is 2. The molecule has 4 aromatic carbocycles. The maximum Gasteiger partial charge on any atom is 0.251 e. The number of hydrogen-bond acceptors (Lipinski definition) is 5. The first-order valence-corrected chi connectivity index (χ1v) is 14.4. The van der Waals surface area contributed by atoms with Crippen LogP contribution in [0.4, 0.5) is 5.69 Å². The molecule has 0 heterocycles. The molecule has 0 aliphatic heterocycles. The van der Waals surface area contributed by atoms with E-state index in [9.17, 15) is 14.7 Å². The summed E-state index contributed by atoms with van der Waals surface area (Å²) < 4.78 is 0. The minimum Gasteiger partial charge on any atom is -0.399 e. The van der Waals surface area contributed by atoms with Gasteiger partial charge in [-0.3, -0.25) is 9.59 Å². The number of benzene rings is 4. The first-order valence-electron chi connectivity index (χ1n) is 13.4. The number of rotatable bonds is 9. The van der Waals surface area contributed by atoms with E-state index in [0.717, 1.165) is 21.2 Å². The van der Waals surface area contributed by atoms with Crippen LogP contribution in [0.25, 0.3) is 10.8 Å². The van der Waals surface area contributed by atoms with Gasteiger partial charge in [0.25, 0.3) is 11.8 Å². The van der Waals surface area contributed by atoms with Crippen molar-refractivity contribution in [2.24, 2.45) is 0 Å². The Balaban J connectivity index is 1.58. The fraction of sp³-hybridized carbons (Fsp3) is 0.273. The van der Waals surface area contributed by atoms with Crippen LogP contribution in [0.3, 0.4) is 0 Å². The predicted molar refractivity (Wildman–Crippen MR) is 165 cm³/mol. The summed E-state index contributed by atoms with van der Waals surface area (Å²) in [6.07, 6.45) is -0.741. The Bertz CT molecular complexity index is 1510. The third kappa shape index (κ3) is 7.64. The summed E-state index contributed by atoms with van der Waals surface area (Å²) in [6.45, 7) is 7.64. The average Bonchev–Trinajstić information content (AvgIpc) is 2.91. The zero-order valence-electron chi connectivity index (χ0n) is 23.4. The number of aliphatic hydroxyl groups excluding tert-OH is 1. The Hall–Kier alpha value is -3.81. The summed E-state index contributed by atoms with van der Waals surface area (Å²) in [5.74, 6) is -0.0632. The lowest BCUT2D eigenvalue weighted by Gasteiger charge is -2.26. The Morgan fingerprint density at radius 2 is 1.57 bits per heavy atom. The van der Waals surface area contributed by atoms with Crippen LogP contribution in [0.15, 0.2) is 89.8 Å². The molecule has 0 aliphatic carbocycles. The fourth-order valence-corrected chi connectivity index (χ4v) is 5.57. The quantitative estimate of drug-likeness (QED) is 0.155. The number of anilines is 1. The molecule has 0 saturated heterocycles. The van der Waals surface area contributed by atoms with Crippen LogP contribution < -0.4 is 16.4 Å². The van der Waals surface area contributed by atoms with Crippen molar-refractivity contribution in [3.63, 3.8) is 0 Å². The molecule has 4 rings (SSSR count). The zero-order valence-corrected chi connectivity index (χ0v) is 24.2. The Kier molecular flexibility index (Phi) is 9.17. The van der Waals surface area contributed by atoms with E-state index in [1.807, 2.05) is 70.2 Å². The number of amides is 2. The van der Waals surface area contributed by atoms with Crippen LogP contribution in [-0.2, 0) is 6.42 Å². The molecule has 0 fully saturated rings.